The first-order valence-electron chi connectivity index (χ1n) is 5.43. The topological polar surface area (TPSA) is 31.4 Å². The van der Waals surface area contributed by atoms with Gasteiger partial charge in [0.2, 0.25) is 0 Å². The van der Waals surface area contributed by atoms with E-state index in [-0.39, 0.29) is 0 Å². The summed E-state index contributed by atoms with van der Waals surface area (Å²) in [6.07, 6.45) is 2.57. The molecule has 0 fully saturated rings. The SMILES string of the molecule is COc1cc(Cc2ccccn2)cc(OC)c1. The molecular weight excluding hydrogens is 214 g/mol. The fourth-order valence-corrected chi connectivity index (χ4v) is 1.68. The average molecular weight is 229 g/mol. The van der Waals surface area contributed by atoms with E-state index in [1.54, 1.807) is 20.4 Å². The van der Waals surface area contributed by atoms with Crippen molar-refractivity contribution in [1.29, 1.82) is 0 Å². The summed E-state index contributed by atoms with van der Waals surface area (Å²) in [4.78, 5) is 4.30. The lowest BCUT2D eigenvalue weighted by molar-refractivity contribution is 0.393. The Morgan fingerprint density at radius 3 is 2.24 bits per heavy atom. The summed E-state index contributed by atoms with van der Waals surface area (Å²) in [6, 6.07) is 11.8. The Morgan fingerprint density at radius 1 is 1.00 bits per heavy atom. The minimum atomic E-state index is 0.772. The van der Waals surface area contributed by atoms with E-state index in [9.17, 15) is 0 Å². The molecule has 0 saturated heterocycles. The molecule has 0 amide bonds. The summed E-state index contributed by atoms with van der Waals surface area (Å²) >= 11 is 0. The van der Waals surface area contributed by atoms with E-state index in [0.29, 0.717) is 0 Å². The van der Waals surface area contributed by atoms with Gasteiger partial charge in [-0.1, -0.05) is 6.07 Å². The molecule has 2 aromatic rings. The van der Waals surface area contributed by atoms with Gasteiger partial charge in [0.15, 0.2) is 0 Å². The average Bonchev–Trinajstić information content (AvgIpc) is 2.39. The summed E-state index contributed by atoms with van der Waals surface area (Å²) in [5, 5.41) is 0. The second kappa shape index (κ2) is 5.34. The van der Waals surface area contributed by atoms with Crippen LogP contribution in [0.5, 0.6) is 11.5 Å². The summed E-state index contributed by atoms with van der Waals surface area (Å²) < 4.78 is 10.5. The zero-order valence-corrected chi connectivity index (χ0v) is 10.0. The van der Waals surface area contributed by atoms with Crippen molar-refractivity contribution in [3.05, 3.63) is 53.9 Å². The van der Waals surface area contributed by atoms with Crippen molar-refractivity contribution in [2.75, 3.05) is 14.2 Å². The molecular formula is C14H15NO2. The van der Waals surface area contributed by atoms with Crippen LogP contribution in [-0.2, 0) is 6.42 Å². The lowest BCUT2D eigenvalue weighted by atomic mass is 10.1. The molecule has 0 aliphatic heterocycles. The van der Waals surface area contributed by atoms with Gasteiger partial charge < -0.3 is 9.47 Å². The van der Waals surface area contributed by atoms with E-state index in [1.165, 1.54) is 0 Å². The number of hydrogen-bond donors (Lipinski definition) is 0. The van der Waals surface area contributed by atoms with Crippen molar-refractivity contribution in [2.45, 2.75) is 6.42 Å². The normalized spacial score (nSPS) is 10.0. The van der Waals surface area contributed by atoms with Crippen molar-refractivity contribution in [1.82, 2.24) is 4.98 Å². The number of rotatable bonds is 4. The zero-order chi connectivity index (χ0) is 12.1. The van der Waals surface area contributed by atoms with Gasteiger partial charge >= 0.3 is 0 Å². The van der Waals surface area contributed by atoms with Gasteiger partial charge in [0.05, 0.1) is 14.2 Å². The number of ether oxygens (including phenoxy) is 2. The van der Waals surface area contributed by atoms with E-state index >= 15 is 0 Å². The molecule has 17 heavy (non-hydrogen) atoms. The minimum Gasteiger partial charge on any atom is -0.497 e. The Morgan fingerprint density at radius 2 is 1.71 bits per heavy atom. The largest absolute Gasteiger partial charge is 0.497 e. The Labute approximate surface area is 101 Å². The lowest BCUT2D eigenvalue weighted by Gasteiger charge is -2.08. The number of hydrogen-bond acceptors (Lipinski definition) is 3. The number of methoxy groups -OCH3 is 2. The molecule has 1 heterocycles. The van der Waals surface area contributed by atoms with Crippen LogP contribution in [0.1, 0.15) is 11.3 Å². The van der Waals surface area contributed by atoms with E-state index in [0.717, 1.165) is 29.2 Å². The fourth-order valence-electron chi connectivity index (χ4n) is 1.68. The minimum absolute atomic E-state index is 0.772. The van der Waals surface area contributed by atoms with E-state index in [4.69, 9.17) is 9.47 Å². The molecule has 3 heteroatoms. The zero-order valence-electron chi connectivity index (χ0n) is 10.0. The first-order valence-corrected chi connectivity index (χ1v) is 5.43. The maximum Gasteiger partial charge on any atom is 0.122 e. The second-order valence-corrected chi connectivity index (χ2v) is 3.72. The van der Waals surface area contributed by atoms with Crippen molar-refractivity contribution in [3.8, 4) is 11.5 Å². The highest BCUT2D eigenvalue weighted by atomic mass is 16.5. The molecule has 3 nitrogen and oxygen atoms in total. The predicted octanol–water partition coefficient (Wildman–Crippen LogP) is 2.69. The van der Waals surface area contributed by atoms with Crippen LogP contribution in [-0.4, -0.2) is 19.2 Å². The molecule has 0 aliphatic carbocycles. The molecule has 2 rings (SSSR count). The third kappa shape index (κ3) is 2.97. The van der Waals surface area contributed by atoms with Crippen LogP contribution in [0.3, 0.4) is 0 Å². The number of aromatic nitrogens is 1. The standard InChI is InChI=1S/C14H15NO2/c1-16-13-8-11(9-14(10-13)17-2)7-12-5-3-4-6-15-12/h3-6,8-10H,7H2,1-2H3. The summed E-state index contributed by atoms with van der Waals surface area (Å²) in [6.45, 7) is 0. The third-order valence-electron chi connectivity index (χ3n) is 2.52. The van der Waals surface area contributed by atoms with Crippen LogP contribution >= 0.6 is 0 Å². The molecule has 0 unspecified atom stereocenters. The number of nitrogens with zero attached hydrogens (tertiary/aromatic N) is 1. The van der Waals surface area contributed by atoms with Crippen molar-refractivity contribution in [3.63, 3.8) is 0 Å². The number of pyridine rings is 1. The fraction of sp³-hybridized carbons (Fsp3) is 0.214. The summed E-state index contributed by atoms with van der Waals surface area (Å²) in [7, 11) is 3.30. The van der Waals surface area contributed by atoms with Gasteiger partial charge in [-0.05, 0) is 29.8 Å². The monoisotopic (exact) mass is 229 g/mol. The smallest absolute Gasteiger partial charge is 0.122 e. The van der Waals surface area contributed by atoms with E-state index < -0.39 is 0 Å². The molecule has 1 aromatic carbocycles. The Hall–Kier alpha value is -2.03. The van der Waals surface area contributed by atoms with Gasteiger partial charge in [-0.15, -0.1) is 0 Å². The molecule has 0 atom stereocenters. The highest BCUT2D eigenvalue weighted by Gasteiger charge is 2.03. The Kier molecular flexibility index (Phi) is 3.60. The van der Waals surface area contributed by atoms with Crippen molar-refractivity contribution < 1.29 is 9.47 Å². The van der Waals surface area contributed by atoms with Crippen LogP contribution < -0.4 is 9.47 Å². The molecule has 0 spiro atoms. The van der Waals surface area contributed by atoms with Crippen LogP contribution in [0.15, 0.2) is 42.6 Å². The Bertz CT molecular complexity index is 461. The molecule has 0 radical (unpaired) electrons. The van der Waals surface area contributed by atoms with Gasteiger partial charge in [-0.2, -0.15) is 0 Å². The van der Waals surface area contributed by atoms with Gasteiger partial charge in [-0.25, -0.2) is 0 Å². The van der Waals surface area contributed by atoms with E-state index in [2.05, 4.69) is 4.98 Å². The van der Waals surface area contributed by atoms with Crippen LogP contribution in [0.25, 0.3) is 0 Å². The molecule has 0 aliphatic rings. The molecule has 0 bridgehead atoms. The Balaban J connectivity index is 2.26. The summed E-state index contributed by atoms with van der Waals surface area (Å²) in [5.74, 6) is 1.60. The molecule has 88 valence electrons. The van der Waals surface area contributed by atoms with Gasteiger partial charge in [0.25, 0.3) is 0 Å². The van der Waals surface area contributed by atoms with Gasteiger partial charge in [0.1, 0.15) is 11.5 Å². The maximum absolute atomic E-state index is 5.23. The highest BCUT2D eigenvalue weighted by Crippen LogP contribution is 2.23. The van der Waals surface area contributed by atoms with Gasteiger partial charge in [0, 0.05) is 24.4 Å². The summed E-state index contributed by atoms with van der Waals surface area (Å²) in [5.41, 5.74) is 2.16. The van der Waals surface area contributed by atoms with Crippen LogP contribution in [0, 0.1) is 0 Å². The third-order valence-corrected chi connectivity index (χ3v) is 2.52. The van der Waals surface area contributed by atoms with Crippen molar-refractivity contribution >= 4 is 0 Å². The highest BCUT2D eigenvalue weighted by molar-refractivity contribution is 5.39. The molecule has 0 saturated carbocycles. The van der Waals surface area contributed by atoms with Crippen LogP contribution in [0.4, 0.5) is 0 Å². The quantitative estimate of drug-likeness (QED) is 0.807. The van der Waals surface area contributed by atoms with Crippen molar-refractivity contribution in [2.24, 2.45) is 0 Å². The predicted molar refractivity (Wildman–Crippen MR) is 66.6 cm³/mol. The maximum atomic E-state index is 5.23. The number of benzene rings is 1. The van der Waals surface area contributed by atoms with E-state index in [1.807, 2.05) is 36.4 Å². The second-order valence-electron chi connectivity index (χ2n) is 3.72. The first-order chi connectivity index (χ1) is 8.31. The van der Waals surface area contributed by atoms with Gasteiger partial charge in [-0.3, -0.25) is 4.98 Å². The molecule has 1 aromatic heterocycles. The van der Waals surface area contributed by atoms with Crippen LogP contribution in [0.2, 0.25) is 0 Å². The molecule has 0 N–H and O–H groups in total. The first kappa shape index (κ1) is 11.5. The lowest BCUT2D eigenvalue weighted by Crippen LogP contribution is -1.94.